The molecule has 1 amide bonds. The Morgan fingerprint density at radius 2 is 2.17 bits per heavy atom. The molecule has 1 saturated heterocycles. The number of hydrogen-bond donors (Lipinski definition) is 1. The highest BCUT2D eigenvalue weighted by atomic mass is 35.5. The third-order valence-corrected chi connectivity index (χ3v) is 4.13. The lowest BCUT2D eigenvalue weighted by Gasteiger charge is -2.14. The van der Waals surface area contributed by atoms with Gasteiger partial charge in [-0.15, -0.1) is 12.4 Å². The molecule has 0 saturated carbocycles. The van der Waals surface area contributed by atoms with Crippen molar-refractivity contribution in [2.24, 2.45) is 5.92 Å². The van der Waals surface area contributed by atoms with Gasteiger partial charge in [0.1, 0.15) is 0 Å². The molecule has 0 aromatic heterocycles. The average Bonchev–Trinajstić information content (AvgIpc) is 2.94. The van der Waals surface area contributed by atoms with Crippen LogP contribution in [0, 0.1) is 5.92 Å². The molecule has 134 valence electrons. The fourth-order valence-corrected chi connectivity index (χ4v) is 2.85. The summed E-state index contributed by atoms with van der Waals surface area (Å²) in [4.78, 5) is 13.8. The second kappa shape index (κ2) is 8.74. The Morgan fingerprint density at radius 3 is 2.79 bits per heavy atom. The van der Waals surface area contributed by atoms with Crippen LogP contribution in [0.2, 0.25) is 5.02 Å². The van der Waals surface area contributed by atoms with E-state index in [1.165, 1.54) is 24.3 Å². The lowest BCUT2D eigenvalue weighted by Crippen LogP contribution is -2.28. The van der Waals surface area contributed by atoms with Crippen molar-refractivity contribution in [3.8, 4) is 0 Å². The van der Waals surface area contributed by atoms with Crippen LogP contribution in [0.4, 0.5) is 13.2 Å². The van der Waals surface area contributed by atoms with E-state index in [1.54, 1.807) is 4.90 Å². The van der Waals surface area contributed by atoms with Gasteiger partial charge in [0.25, 0.3) is 0 Å². The Hall–Kier alpha value is -1.24. The second-order valence-corrected chi connectivity index (χ2v) is 5.97. The quantitative estimate of drug-likeness (QED) is 0.801. The fraction of sp³-hybridized carbons (Fsp3) is 0.438. The molecule has 1 atom stereocenters. The van der Waals surface area contributed by atoms with Crippen LogP contribution < -0.4 is 5.32 Å². The number of hydrogen-bond acceptors (Lipinski definition) is 2. The predicted molar refractivity (Wildman–Crippen MR) is 91.3 cm³/mol. The van der Waals surface area contributed by atoms with Crippen LogP contribution >= 0.6 is 24.0 Å². The summed E-state index contributed by atoms with van der Waals surface area (Å²) in [7, 11) is 1.86. The Morgan fingerprint density at radius 1 is 1.46 bits per heavy atom. The van der Waals surface area contributed by atoms with E-state index in [1.807, 2.05) is 7.05 Å². The molecule has 3 nitrogen and oxygen atoms in total. The van der Waals surface area contributed by atoms with Gasteiger partial charge in [0.05, 0.1) is 10.6 Å². The van der Waals surface area contributed by atoms with Crippen molar-refractivity contribution in [3.63, 3.8) is 0 Å². The van der Waals surface area contributed by atoms with Gasteiger partial charge in [-0.2, -0.15) is 13.2 Å². The first-order valence-corrected chi connectivity index (χ1v) is 7.67. The monoisotopic (exact) mass is 382 g/mol. The van der Waals surface area contributed by atoms with E-state index in [9.17, 15) is 18.0 Å². The molecule has 2 rings (SSSR count). The minimum Gasteiger partial charge on any atom is -0.339 e. The molecule has 1 heterocycles. The van der Waals surface area contributed by atoms with Crippen molar-refractivity contribution >= 4 is 36.0 Å². The lowest BCUT2D eigenvalue weighted by molar-refractivity contribution is -0.137. The Labute approximate surface area is 150 Å². The molecule has 1 aliphatic rings. The van der Waals surface area contributed by atoms with E-state index in [0.29, 0.717) is 24.6 Å². The van der Waals surface area contributed by atoms with Crippen LogP contribution in [0.1, 0.15) is 17.5 Å². The first-order valence-electron chi connectivity index (χ1n) is 7.29. The Bertz CT molecular complexity index is 605. The number of nitrogens with zero attached hydrogens (tertiary/aromatic N) is 1. The van der Waals surface area contributed by atoms with Gasteiger partial charge in [-0.25, -0.2) is 0 Å². The van der Waals surface area contributed by atoms with Crippen molar-refractivity contribution in [1.82, 2.24) is 10.2 Å². The molecular formula is C16H19Cl2F3N2O. The third kappa shape index (κ3) is 5.40. The number of halogens is 5. The summed E-state index contributed by atoms with van der Waals surface area (Å²) in [6.07, 6.45) is -0.885. The highest BCUT2D eigenvalue weighted by Gasteiger charge is 2.33. The topological polar surface area (TPSA) is 32.3 Å². The number of alkyl halides is 3. The van der Waals surface area contributed by atoms with Crippen molar-refractivity contribution < 1.29 is 18.0 Å². The molecule has 0 aliphatic carbocycles. The van der Waals surface area contributed by atoms with Crippen LogP contribution in [0.15, 0.2) is 24.3 Å². The Kier molecular flexibility index (Phi) is 7.57. The van der Waals surface area contributed by atoms with Crippen LogP contribution in [-0.4, -0.2) is 37.5 Å². The van der Waals surface area contributed by atoms with Gasteiger partial charge >= 0.3 is 6.18 Å². The van der Waals surface area contributed by atoms with E-state index in [2.05, 4.69) is 5.32 Å². The van der Waals surface area contributed by atoms with Gasteiger partial charge in [-0.3, -0.25) is 4.79 Å². The first-order chi connectivity index (χ1) is 10.8. The highest BCUT2D eigenvalue weighted by molar-refractivity contribution is 6.31. The van der Waals surface area contributed by atoms with Crippen molar-refractivity contribution in [2.75, 3.05) is 26.7 Å². The molecule has 1 unspecified atom stereocenters. The molecule has 1 N–H and O–H groups in total. The maximum Gasteiger partial charge on any atom is 0.417 e. The van der Waals surface area contributed by atoms with E-state index in [4.69, 9.17) is 11.6 Å². The molecule has 1 aromatic rings. The SMILES string of the molecule is CNCC1CCN(C(=O)C=Cc2ccc(Cl)c(C(F)(F)F)c2)C1.Cl. The van der Waals surface area contributed by atoms with Crippen LogP contribution in [0.3, 0.4) is 0 Å². The number of likely N-dealkylation sites (tertiary alicyclic amines) is 1. The highest BCUT2D eigenvalue weighted by Crippen LogP contribution is 2.35. The number of nitrogens with one attached hydrogen (secondary N) is 1. The first kappa shape index (κ1) is 20.8. The predicted octanol–water partition coefficient (Wildman–Crippen LogP) is 3.86. The maximum absolute atomic E-state index is 12.8. The van der Waals surface area contributed by atoms with E-state index < -0.39 is 11.7 Å². The zero-order valence-electron chi connectivity index (χ0n) is 13.1. The van der Waals surface area contributed by atoms with E-state index >= 15 is 0 Å². The molecule has 8 heteroatoms. The van der Waals surface area contributed by atoms with E-state index in [0.717, 1.165) is 19.0 Å². The van der Waals surface area contributed by atoms with Crippen LogP contribution in [-0.2, 0) is 11.0 Å². The summed E-state index contributed by atoms with van der Waals surface area (Å²) in [5.41, 5.74) is -0.606. The summed E-state index contributed by atoms with van der Waals surface area (Å²) in [5, 5.41) is 2.73. The normalized spacial score (nSPS) is 18.0. The van der Waals surface area contributed by atoms with Gasteiger partial charge in [0.2, 0.25) is 5.91 Å². The summed E-state index contributed by atoms with van der Waals surface area (Å²) < 4.78 is 38.4. The summed E-state index contributed by atoms with van der Waals surface area (Å²) >= 11 is 5.57. The molecule has 0 bridgehead atoms. The van der Waals surface area contributed by atoms with Gasteiger partial charge < -0.3 is 10.2 Å². The number of rotatable bonds is 4. The van der Waals surface area contributed by atoms with Crippen molar-refractivity contribution in [2.45, 2.75) is 12.6 Å². The summed E-state index contributed by atoms with van der Waals surface area (Å²) in [6, 6.07) is 3.59. The Balaban J connectivity index is 0.00000288. The lowest BCUT2D eigenvalue weighted by atomic mass is 10.1. The fourth-order valence-electron chi connectivity index (χ4n) is 2.62. The van der Waals surface area contributed by atoms with Gasteiger partial charge in [-0.05, 0) is 49.7 Å². The summed E-state index contributed by atoms with van der Waals surface area (Å²) in [5.74, 6) is 0.233. The number of carbonyl (C=O) groups excluding carboxylic acids is 1. The van der Waals surface area contributed by atoms with Gasteiger partial charge in [-0.1, -0.05) is 17.7 Å². The largest absolute Gasteiger partial charge is 0.417 e. The van der Waals surface area contributed by atoms with Crippen molar-refractivity contribution in [3.05, 3.63) is 40.4 Å². The number of amides is 1. The second-order valence-electron chi connectivity index (χ2n) is 5.57. The molecule has 0 radical (unpaired) electrons. The number of carbonyl (C=O) groups is 1. The molecule has 24 heavy (non-hydrogen) atoms. The third-order valence-electron chi connectivity index (χ3n) is 3.80. The smallest absolute Gasteiger partial charge is 0.339 e. The zero-order valence-corrected chi connectivity index (χ0v) is 14.6. The van der Waals surface area contributed by atoms with E-state index in [-0.39, 0.29) is 23.3 Å². The van der Waals surface area contributed by atoms with Gasteiger partial charge in [0.15, 0.2) is 0 Å². The van der Waals surface area contributed by atoms with Crippen molar-refractivity contribution in [1.29, 1.82) is 0 Å². The standard InChI is InChI=1S/C16H18ClF3N2O.ClH/c1-21-9-12-6-7-22(10-12)15(23)5-3-11-2-4-14(17)13(8-11)16(18,19)20;/h2-5,8,12,21H,6-7,9-10H2,1H3;1H. The minimum absolute atomic E-state index is 0. The molecule has 1 aromatic carbocycles. The molecule has 1 aliphatic heterocycles. The van der Waals surface area contributed by atoms with Gasteiger partial charge in [0, 0.05) is 19.2 Å². The average molecular weight is 383 g/mol. The molecule has 1 fully saturated rings. The molecule has 0 spiro atoms. The van der Waals surface area contributed by atoms with Crippen LogP contribution in [0.25, 0.3) is 6.08 Å². The minimum atomic E-state index is -4.51. The molecular weight excluding hydrogens is 364 g/mol. The maximum atomic E-state index is 12.8. The zero-order chi connectivity index (χ0) is 17.0. The van der Waals surface area contributed by atoms with Crippen LogP contribution in [0.5, 0.6) is 0 Å². The summed E-state index contributed by atoms with van der Waals surface area (Å²) in [6.45, 7) is 2.18. The number of benzene rings is 1.